The van der Waals surface area contributed by atoms with Crippen molar-refractivity contribution < 1.29 is 4.52 Å². The second-order valence-corrected chi connectivity index (χ2v) is 2.93. The Hall–Kier alpha value is -1.63. The molecule has 13 heavy (non-hydrogen) atoms. The van der Waals surface area contributed by atoms with Gasteiger partial charge in [0, 0.05) is 6.07 Å². The number of nitrogen functional groups attached to an aromatic ring is 1. The summed E-state index contributed by atoms with van der Waals surface area (Å²) in [5.74, 6) is 6.74. The van der Waals surface area contributed by atoms with Crippen molar-refractivity contribution in [3.8, 4) is 11.5 Å². The second-order valence-electron chi connectivity index (χ2n) is 2.55. The maximum Gasteiger partial charge on any atom is 0.214 e. The number of nitrogens with two attached hydrogens (primary N) is 1. The molecule has 2 heterocycles. The molecule has 0 bridgehead atoms. The summed E-state index contributed by atoms with van der Waals surface area (Å²) in [6.45, 7) is 1.79. The number of hydrogen-bond donors (Lipinski definition) is 2. The Balaban J connectivity index is 2.58. The van der Waals surface area contributed by atoms with Crippen molar-refractivity contribution >= 4 is 12.2 Å². The van der Waals surface area contributed by atoms with Crippen LogP contribution in [0, 0.1) is 11.7 Å². The zero-order valence-electron chi connectivity index (χ0n) is 6.81. The average molecular weight is 197 g/mol. The smallest absolute Gasteiger partial charge is 0.214 e. The predicted molar refractivity (Wildman–Crippen MR) is 47.8 cm³/mol. The summed E-state index contributed by atoms with van der Waals surface area (Å²) in [5.41, 5.74) is 0.562. The van der Waals surface area contributed by atoms with E-state index in [-0.39, 0.29) is 0 Å². The summed E-state index contributed by atoms with van der Waals surface area (Å²) in [7, 11) is 0. The van der Waals surface area contributed by atoms with Crippen molar-refractivity contribution in [1.82, 2.24) is 20.0 Å². The molecular formula is C6H7N5OS. The number of aromatic nitrogens is 4. The third-order valence-corrected chi connectivity index (χ3v) is 1.85. The molecule has 0 atom stereocenters. The minimum atomic E-state index is 0.343. The first-order valence-electron chi connectivity index (χ1n) is 3.54. The molecule has 0 amide bonds. The van der Waals surface area contributed by atoms with Gasteiger partial charge in [-0.3, -0.25) is 0 Å². The maximum atomic E-state index is 5.58. The van der Waals surface area contributed by atoms with E-state index in [0.717, 1.165) is 0 Å². The molecule has 0 aliphatic rings. The average Bonchev–Trinajstić information content (AvgIpc) is 2.62. The van der Waals surface area contributed by atoms with Crippen LogP contribution in [0.15, 0.2) is 10.6 Å². The first-order valence-corrected chi connectivity index (χ1v) is 3.95. The number of hydrogen-bond acceptors (Lipinski definition) is 5. The van der Waals surface area contributed by atoms with E-state index in [2.05, 4.69) is 15.4 Å². The molecule has 0 saturated heterocycles. The number of nitrogens with zero attached hydrogens (tertiary/aromatic N) is 3. The lowest BCUT2D eigenvalue weighted by molar-refractivity contribution is 0.399. The molecule has 3 N–H and O–H groups in total. The zero-order chi connectivity index (χ0) is 9.42. The number of aryl methyl sites for hydroxylation is 1. The summed E-state index contributed by atoms with van der Waals surface area (Å²) in [5, 5.41) is 10.2. The van der Waals surface area contributed by atoms with Crippen LogP contribution in [0.3, 0.4) is 0 Å². The van der Waals surface area contributed by atoms with Crippen molar-refractivity contribution in [2.24, 2.45) is 0 Å². The Morgan fingerprint density at radius 3 is 2.92 bits per heavy atom. The number of aromatic amines is 1. The third kappa shape index (κ3) is 1.22. The number of nitrogens with one attached hydrogen (secondary N) is 1. The highest BCUT2D eigenvalue weighted by atomic mass is 32.1. The molecule has 0 fully saturated rings. The largest absolute Gasteiger partial charge is 0.361 e. The van der Waals surface area contributed by atoms with Crippen molar-refractivity contribution in [2.45, 2.75) is 6.92 Å². The molecule has 68 valence electrons. The first-order chi connectivity index (χ1) is 6.18. The van der Waals surface area contributed by atoms with Crippen LogP contribution in [0.1, 0.15) is 5.76 Å². The van der Waals surface area contributed by atoms with Gasteiger partial charge in [-0.15, -0.1) is 0 Å². The Bertz CT molecular complexity index is 481. The summed E-state index contributed by atoms with van der Waals surface area (Å²) in [4.78, 5) is 0. The van der Waals surface area contributed by atoms with E-state index in [9.17, 15) is 0 Å². The number of rotatable bonds is 1. The molecule has 0 unspecified atom stereocenters. The first kappa shape index (κ1) is 7.99. The fourth-order valence-electron chi connectivity index (χ4n) is 0.957. The topological polar surface area (TPSA) is 85.7 Å². The Morgan fingerprint density at radius 2 is 2.46 bits per heavy atom. The number of H-pyrrole nitrogens is 1. The van der Waals surface area contributed by atoms with E-state index in [4.69, 9.17) is 22.6 Å². The van der Waals surface area contributed by atoms with Crippen LogP contribution in [0.2, 0.25) is 0 Å². The molecule has 2 rings (SSSR count). The Kier molecular flexibility index (Phi) is 1.66. The molecule has 0 aliphatic heterocycles. The third-order valence-electron chi connectivity index (χ3n) is 1.56. The van der Waals surface area contributed by atoms with E-state index in [1.807, 2.05) is 0 Å². The highest BCUT2D eigenvalue weighted by Gasteiger charge is 2.10. The van der Waals surface area contributed by atoms with Crippen LogP contribution < -0.4 is 5.84 Å². The molecule has 7 heteroatoms. The quantitative estimate of drug-likeness (QED) is 0.517. The Labute approximate surface area is 78.3 Å². The van der Waals surface area contributed by atoms with Gasteiger partial charge < -0.3 is 10.4 Å². The van der Waals surface area contributed by atoms with E-state index >= 15 is 0 Å². The van der Waals surface area contributed by atoms with Crippen LogP contribution in [0.25, 0.3) is 11.5 Å². The van der Waals surface area contributed by atoms with Crippen LogP contribution in [0.5, 0.6) is 0 Å². The predicted octanol–water partition coefficient (Wildman–Crippen LogP) is 0.618. The monoisotopic (exact) mass is 197 g/mol. The fourth-order valence-corrected chi connectivity index (χ4v) is 1.09. The van der Waals surface area contributed by atoms with Crippen molar-refractivity contribution in [1.29, 1.82) is 0 Å². The van der Waals surface area contributed by atoms with Crippen molar-refractivity contribution in [3.63, 3.8) is 0 Å². The summed E-state index contributed by atoms with van der Waals surface area (Å²) in [6.07, 6.45) is 0. The SMILES string of the molecule is Cc1cc(-c2n[nH]c(=S)n2N)no1. The minimum absolute atomic E-state index is 0.343. The molecule has 2 aromatic rings. The fraction of sp³-hybridized carbons (Fsp3) is 0.167. The summed E-state index contributed by atoms with van der Waals surface area (Å²) < 4.78 is 6.46. The lowest BCUT2D eigenvalue weighted by atomic mass is 10.4. The normalized spacial score (nSPS) is 10.5. The molecule has 0 spiro atoms. The van der Waals surface area contributed by atoms with Crippen LogP contribution >= 0.6 is 12.2 Å². The van der Waals surface area contributed by atoms with Gasteiger partial charge in [-0.05, 0) is 19.1 Å². The van der Waals surface area contributed by atoms with E-state index in [0.29, 0.717) is 22.0 Å². The highest BCUT2D eigenvalue weighted by Crippen LogP contribution is 2.14. The molecule has 0 saturated carbocycles. The molecule has 0 aliphatic carbocycles. The second kappa shape index (κ2) is 2.70. The van der Waals surface area contributed by atoms with Crippen molar-refractivity contribution in [2.75, 3.05) is 5.84 Å². The van der Waals surface area contributed by atoms with E-state index in [1.165, 1.54) is 4.68 Å². The Morgan fingerprint density at radius 1 is 1.69 bits per heavy atom. The van der Waals surface area contributed by atoms with Crippen LogP contribution in [0.4, 0.5) is 0 Å². The van der Waals surface area contributed by atoms with Gasteiger partial charge in [0.15, 0.2) is 5.69 Å². The summed E-state index contributed by atoms with van der Waals surface area (Å²) >= 11 is 4.84. The van der Waals surface area contributed by atoms with Crippen LogP contribution in [-0.4, -0.2) is 20.0 Å². The van der Waals surface area contributed by atoms with Crippen LogP contribution in [-0.2, 0) is 0 Å². The van der Waals surface area contributed by atoms with Gasteiger partial charge in [0.2, 0.25) is 10.6 Å². The van der Waals surface area contributed by atoms with Gasteiger partial charge in [0.25, 0.3) is 0 Å². The molecular weight excluding hydrogens is 190 g/mol. The van der Waals surface area contributed by atoms with Gasteiger partial charge in [-0.2, -0.15) is 5.10 Å². The van der Waals surface area contributed by atoms with Gasteiger partial charge in [0.1, 0.15) is 5.76 Å². The minimum Gasteiger partial charge on any atom is -0.361 e. The zero-order valence-corrected chi connectivity index (χ0v) is 7.63. The van der Waals surface area contributed by atoms with Gasteiger partial charge in [-0.1, -0.05) is 5.16 Å². The molecule has 0 aromatic carbocycles. The summed E-state index contributed by atoms with van der Waals surface area (Å²) in [6, 6.07) is 1.73. The van der Waals surface area contributed by atoms with Gasteiger partial charge in [-0.25, -0.2) is 9.77 Å². The maximum absolute atomic E-state index is 5.58. The lowest BCUT2D eigenvalue weighted by Gasteiger charge is -1.92. The van der Waals surface area contributed by atoms with Gasteiger partial charge in [0.05, 0.1) is 0 Å². The molecule has 0 radical (unpaired) electrons. The van der Waals surface area contributed by atoms with E-state index in [1.54, 1.807) is 13.0 Å². The molecule has 2 aromatic heterocycles. The molecule has 6 nitrogen and oxygen atoms in total. The van der Waals surface area contributed by atoms with E-state index < -0.39 is 0 Å². The van der Waals surface area contributed by atoms with Gasteiger partial charge >= 0.3 is 0 Å². The standard InChI is InChI=1S/C6H7N5OS/c1-3-2-4(10-12-3)5-8-9-6(13)11(5)7/h2H,7H2,1H3,(H,9,13). The highest BCUT2D eigenvalue weighted by molar-refractivity contribution is 7.71. The lowest BCUT2D eigenvalue weighted by Crippen LogP contribution is -2.09. The van der Waals surface area contributed by atoms with Crippen molar-refractivity contribution in [3.05, 3.63) is 16.6 Å².